The average Bonchev–Trinajstić information content (AvgIpc) is 2.54. The average molecular weight is 290 g/mol. The number of aromatic nitrogens is 2. The van der Waals surface area contributed by atoms with E-state index in [0.717, 1.165) is 25.2 Å². The van der Waals surface area contributed by atoms with Crippen LogP contribution in [0, 0.1) is 0 Å². The summed E-state index contributed by atoms with van der Waals surface area (Å²) < 4.78 is 0. The summed E-state index contributed by atoms with van der Waals surface area (Å²) in [4.78, 5) is 23.1. The van der Waals surface area contributed by atoms with E-state index in [9.17, 15) is 4.79 Å². The van der Waals surface area contributed by atoms with Gasteiger partial charge >= 0.3 is 0 Å². The summed E-state index contributed by atoms with van der Waals surface area (Å²) in [5, 5.41) is 2.91. The fraction of sp³-hybridized carbons (Fsp3) is 0.688. The summed E-state index contributed by atoms with van der Waals surface area (Å²) in [5.74, 6) is 0.746. The van der Waals surface area contributed by atoms with Gasteiger partial charge in [-0.25, -0.2) is 9.97 Å². The lowest BCUT2D eigenvalue weighted by atomic mass is 10.0. The summed E-state index contributed by atoms with van der Waals surface area (Å²) in [6.45, 7) is 7.27. The van der Waals surface area contributed by atoms with E-state index in [-0.39, 0.29) is 11.9 Å². The second-order valence-electron chi connectivity index (χ2n) is 5.79. The van der Waals surface area contributed by atoms with Crippen molar-refractivity contribution in [2.75, 3.05) is 11.4 Å². The Labute approximate surface area is 127 Å². The van der Waals surface area contributed by atoms with E-state index < -0.39 is 0 Å². The highest BCUT2D eigenvalue weighted by molar-refractivity contribution is 5.92. The largest absolute Gasteiger partial charge is 0.352 e. The molecule has 1 aromatic rings. The maximum absolute atomic E-state index is 12.0. The molecule has 0 radical (unpaired) electrons. The van der Waals surface area contributed by atoms with E-state index in [1.807, 2.05) is 13.8 Å². The first-order valence-corrected chi connectivity index (χ1v) is 8.05. The molecule has 0 saturated carbocycles. The minimum atomic E-state index is -0.144. The third kappa shape index (κ3) is 3.93. The monoisotopic (exact) mass is 290 g/mol. The van der Waals surface area contributed by atoms with Crippen molar-refractivity contribution in [2.24, 2.45) is 0 Å². The minimum Gasteiger partial charge on any atom is -0.352 e. The number of piperidine rings is 1. The first-order valence-electron chi connectivity index (χ1n) is 8.05. The van der Waals surface area contributed by atoms with Crippen LogP contribution in [0.3, 0.4) is 0 Å². The van der Waals surface area contributed by atoms with E-state index in [4.69, 9.17) is 0 Å². The quantitative estimate of drug-likeness (QED) is 0.906. The van der Waals surface area contributed by atoms with Gasteiger partial charge in [0.1, 0.15) is 11.5 Å². The van der Waals surface area contributed by atoms with Gasteiger partial charge in [0.05, 0.1) is 12.4 Å². The van der Waals surface area contributed by atoms with Crippen LogP contribution in [-0.2, 0) is 0 Å². The Morgan fingerprint density at radius 1 is 1.38 bits per heavy atom. The molecule has 1 aliphatic heterocycles. The predicted octanol–water partition coefficient (Wildman–Crippen LogP) is 2.77. The van der Waals surface area contributed by atoms with Crippen molar-refractivity contribution in [3.63, 3.8) is 0 Å². The summed E-state index contributed by atoms with van der Waals surface area (Å²) in [7, 11) is 0. The topological polar surface area (TPSA) is 58.1 Å². The van der Waals surface area contributed by atoms with Crippen LogP contribution in [0.1, 0.15) is 63.4 Å². The van der Waals surface area contributed by atoms with Gasteiger partial charge in [0, 0.05) is 18.6 Å². The minimum absolute atomic E-state index is 0.144. The van der Waals surface area contributed by atoms with Gasteiger partial charge in [0.2, 0.25) is 0 Å². The van der Waals surface area contributed by atoms with Crippen LogP contribution >= 0.6 is 0 Å². The highest BCUT2D eigenvalue weighted by atomic mass is 16.1. The van der Waals surface area contributed by atoms with Gasteiger partial charge < -0.3 is 10.2 Å². The molecule has 5 nitrogen and oxygen atoms in total. The molecule has 0 aliphatic carbocycles. The molecule has 2 rings (SSSR count). The number of anilines is 1. The number of hydrogen-bond acceptors (Lipinski definition) is 4. The molecule has 2 unspecified atom stereocenters. The molecule has 1 aromatic heterocycles. The van der Waals surface area contributed by atoms with Gasteiger partial charge in [-0.1, -0.05) is 13.8 Å². The third-order valence-electron chi connectivity index (χ3n) is 4.25. The van der Waals surface area contributed by atoms with Crippen molar-refractivity contribution in [3.8, 4) is 0 Å². The van der Waals surface area contributed by atoms with Gasteiger partial charge in [-0.05, 0) is 39.0 Å². The number of nitrogens with one attached hydrogen (secondary N) is 1. The number of carbonyl (C=O) groups excluding carboxylic acids is 1. The summed E-state index contributed by atoms with van der Waals surface area (Å²) >= 11 is 0. The van der Waals surface area contributed by atoms with Crippen LogP contribution in [-0.4, -0.2) is 34.5 Å². The summed E-state index contributed by atoms with van der Waals surface area (Å²) in [6.07, 6.45) is 9.07. The number of nitrogens with zero attached hydrogens (tertiary/aromatic N) is 3. The van der Waals surface area contributed by atoms with E-state index in [1.54, 1.807) is 12.4 Å². The molecular formula is C16H26N4O. The Bertz CT molecular complexity index is 460. The highest BCUT2D eigenvalue weighted by Gasteiger charge is 2.22. The Morgan fingerprint density at radius 3 is 2.81 bits per heavy atom. The van der Waals surface area contributed by atoms with Crippen LogP contribution in [0.2, 0.25) is 0 Å². The Morgan fingerprint density at radius 2 is 2.19 bits per heavy atom. The van der Waals surface area contributed by atoms with Crippen molar-refractivity contribution in [3.05, 3.63) is 18.1 Å². The molecule has 0 spiro atoms. The first kappa shape index (κ1) is 15.7. The van der Waals surface area contributed by atoms with E-state index in [1.165, 1.54) is 19.3 Å². The van der Waals surface area contributed by atoms with Crippen LogP contribution in [0.25, 0.3) is 0 Å². The maximum atomic E-state index is 12.0. The molecule has 1 saturated heterocycles. The number of amides is 1. The van der Waals surface area contributed by atoms with Crippen molar-refractivity contribution in [1.29, 1.82) is 0 Å². The van der Waals surface area contributed by atoms with Crippen molar-refractivity contribution >= 4 is 11.7 Å². The predicted molar refractivity (Wildman–Crippen MR) is 84.5 cm³/mol. The first-order chi connectivity index (χ1) is 10.2. The third-order valence-corrected chi connectivity index (χ3v) is 4.25. The van der Waals surface area contributed by atoms with E-state index >= 15 is 0 Å². The van der Waals surface area contributed by atoms with Gasteiger partial charge in [-0.3, -0.25) is 4.79 Å². The molecular weight excluding hydrogens is 264 g/mol. The Kier molecular flexibility index (Phi) is 5.53. The molecule has 1 N–H and O–H groups in total. The SMILES string of the molecule is CCC(C)NC(=O)c1cnc(N2CCCCC2CC)cn1. The molecule has 0 aromatic carbocycles. The molecule has 1 aliphatic rings. The van der Waals surface area contributed by atoms with Crippen LogP contribution in [0.4, 0.5) is 5.82 Å². The smallest absolute Gasteiger partial charge is 0.271 e. The summed E-state index contributed by atoms with van der Waals surface area (Å²) in [6, 6.07) is 0.707. The van der Waals surface area contributed by atoms with Crippen LogP contribution in [0.5, 0.6) is 0 Å². The van der Waals surface area contributed by atoms with E-state index in [2.05, 4.69) is 27.1 Å². The lowest BCUT2D eigenvalue weighted by Crippen LogP contribution is -2.40. The highest BCUT2D eigenvalue weighted by Crippen LogP contribution is 2.24. The Hall–Kier alpha value is -1.65. The van der Waals surface area contributed by atoms with Gasteiger partial charge in [-0.2, -0.15) is 0 Å². The van der Waals surface area contributed by atoms with Crippen LogP contribution in [0.15, 0.2) is 12.4 Å². The molecule has 5 heteroatoms. The zero-order chi connectivity index (χ0) is 15.2. The number of rotatable bonds is 5. The molecule has 1 fully saturated rings. The molecule has 21 heavy (non-hydrogen) atoms. The molecule has 2 heterocycles. The lowest BCUT2D eigenvalue weighted by molar-refractivity contribution is 0.0934. The molecule has 0 bridgehead atoms. The molecule has 1 amide bonds. The van der Waals surface area contributed by atoms with Crippen molar-refractivity contribution < 1.29 is 4.79 Å². The lowest BCUT2D eigenvalue weighted by Gasteiger charge is -2.35. The van der Waals surface area contributed by atoms with Crippen molar-refractivity contribution in [2.45, 2.75) is 65.0 Å². The zero-order valence-electron chi connectivity index (χ0n) is 13.3. The standard InChI is InChI=1S/C16H26N4O/c1-4-12(3)19-16(21)14-10-18-15(11-17-14)20-9-7-6-8-13(20)5-2/h10-13H,4-9H2,1-3H3,(H,19,21). The fourth-order valence-electron chi connectivity index (χ4n) is 2.71. The van der Waals surface area contributed by atoms with Gasteiger partial charge in [-0.15, -0.1) is 0 Å². The van der Waals surface area contributed by atoms with Gasteiger partial charge in [0.25, 0.3) is 5.91 Å². The molecule has 2 atom stereocenters. The fourth-order valence-corrected chi connectivity index (χ4v) is 2.71. The normalized spacial score (nSPS) is 20.1. The summed E-state index contributed by atoms with van der Waals surface area (Å²) in [5.41, 5.74) is 0.393. The second-order valence-corrected chi connectivity index (χ2v) is 5.79. The zero-order valence-corrected chi connectivity index (χ0v) is 13.3. The maximum Gasteiger partial charge on any atom is 0.271 e. The van der Waals surface area contributed by atoms with Gasteiger partial charge in [0.15, 0.2) is 0 Å². The van der Waals surface area contributed by atoms with Crippen molar-refractivity contribution in [1.82, 2.24) is 15.3 Å². The second kappa shape index (κ2) is 7.38. The molecule has 116 valence electrons. The number of hydrogen-bond donors (Lipinski definition) is 1. The van der Waals surface area contributed by atoms with Crippen LogP contribution < -0.4 is 10.2 Å². The van der Waals surface area contributed by atoms with E-state index in [0.29, 0.717) is 11.7 Å². The number of carbonyl (C=O) groups is 1. The Balaban J connectivity index is 2.05.